The van der Waals surface area contributed by atoms with E-state index < -0.39 is 11.8 Å². The summed E-state index contributed by atoms with van der Waals surface area (Å²) in [6.45, 7) is 0. The summed E-state index contributed by atoms with van der Waals surface area (Å²) in [5.41, 5.74) is -2.21. The molecule has 4 rings (SSSR count). The van der Waals surface area contributed by atoms with E-state index in [1.807, 2.05) is 0 Å². The third-order valence-electron chi connectivity index (χ3n) is 4.95. The van der Waals surface area contributed by atoms with Crippen LogP contribution in [0, 0.1) is 5.41 Å². The van der Waals surface area contributed by atoms with Gasteiger partial charge in [0.25, 0.3) is 0 Å². The fraction of sp³-hybridized carbons (Fsp3) is 0.0909. The molecule has 4 aromatic rings. The predicted molar refractivity (Wildman–Crippen MR) is 109 cm³/mol. The van der Waals surface area contributed by atoms with Crippen LogP contribution in [0.25, 0.3) is 10.9 Å². The number of nitrogens with one attached hydrogen (secondary N) is 3. The molecule has 1 unspecified atom stereocenters. The number of nitrogens with zero attached hydrogens (tertiary/aromatic N) is 1. The zero-order valence-corrected chi connectivity index (χ0v) is 15.5. The Hall–Kier alpha value is -3.65. The molecule has 0 amide bonds. The van der Waals surface area contributed by atoms with E-state index in [0.717, 1.165) is 6.21 Å². The zero-order chi connectivity index (χ0) is 21.4. The second-order valence-corrected chi connectivity index (χ2v) is 6.77. The topological polar surface area (TPSA) is 84.8 Å². The minimum Gasteiger partial charge on any atom is -0.372 e. The molecule has 0 saturated carbocycles. The Kier molecular flexibility index (Phi) is 4.79. The lowest BCUT2D eigenvalue weighted by molar-refractivity contribution is -0.247. The number of anilines is 2. The summed E-state index contributed by atoms with van der Waals surface area (Å²) in [5.74, 6) is 0. The first-order chi connectivity index (χ1) is 14.3. The summed E-state index contributed by atoms with van der Waals surface area (Å²) < 4.78 is 42.7. The number of rotatable bonds is 5. The number of benzene rings is 2. The van der Waals surface area contributed by atoms with Crippen molar-refractivity contribution in [2.45, 2.75) is 11.8 Å². The van der Waals surface area contributed by atoms with Crippen LogP contribution in [0.1, 0.15) is 16.7 Å². The Morgan fingerprint density at radius 2 is 1.87 bits per heavy atom. The summed E-state index contributed by atoms with van der Waals surface area (Å²) >= 11 is 0. The number of para-hydroxylation sites is 1. The minimum absolute atomic E-state index is 0.193. The van der Waals surface area contributed by atoms with E-state index in [2.05, 4.69) is 15.3 Å². The van der Waals surface area contributed by atoms with Gasteiger partial charge >= 0.3 is 6.18 Å². The highest BCUT2D eigenvalue weighted by atomic mass is 19.4. The molecule has 0 saturated heterocycles. The van der Waals surface area contributed by atoms with Crippen molar-refractivity contribution < 1.29 is 18.3 Å². The number of pyridine rings is 1. The van der Waals surface area contributed by atoms with Crippen LogP contribution in [0.4, 0.5) is 24.5 Å². The maximum atomic E-state index is 14.2. The number of aromatic amines is 1. The Balaban J connectivity index is 1.85. The lowest BCUT2D eigenvalue weighted by atomic mass is 9.84. The number of hydrogen-bond acceptors (Lipinski definition) is 4. The van der Waals surface area contributed by atoms with Crippen LogP contribution in [0.15, 0.2) is 73.2 Å². The summed E-state index contributed by atoms with van der Waals surface area (Å²) in [6, 6.07) is 13.7. The van der Waals surface area contributed by atoms with Gasteiger partial charge in [-0.2, -0.15) is 13.2 Å². The molecule has 30 heavy (non-hydrogen) atoms. The molecule has 1 atom stereocenters. The van der Waals surface area contributed by atoms with Crippen molar-refractivity contribution in [1.82, 2.24) is 9.97 Å². The van der Waals surface area contributed by atoms with Gasteiger partial charge in [-0.3, -0.25) is 4.98 Å². The third-order valence-corrected chi connectivity index (χ3v) is 4.95. The van der Waals surface area contributed by atoms with E-state index in [-0.39, 0.29) is 22.1 Å². The van der Waals surface area contributed by atoms with Crippen LogP contribution in [0.3, 0.4) is 0 Å². The average molecular weight is 410 g/mol. The molecule has 8 heteroatoms. The molecular weight excluding hydrogens is 393 g/mol. The summed E-state index contributed by atoms with van der Waals surface area (Å²) in [7, 11) is 0. The minimum atomic E-state index is -4.99. The van der Waals surface area contributed by atoms with Crippen LogP contribution >= 0.6 is 0 Å². The Bertz CT molecular complexity index is 1200. The summed E-state index contributed by atoms with van der Waals surface area (Å²) in [5, 5.41) is 22.0. The molecular formula is C22H17F3N4O. The highest BCUT2D eigenvalue weighted by molar-refractivity contribution is 5.89. The number of aliphatic hydroxyl groups is 1. The van der Waals surface area contributed by atoms with Crippen molar-refractivity contribution in [2.24, 2.45) is 0 Å². The van der Waals surface area contributed by atoms with Gasteiger partial charge in [-0.1, -0.05) is 24.3 Å². The lowest BCUT2D eigenvalue weighted by Gasteiger charge is -2.31. The van der Waals surface area contributed by atoms with Crippen LogP contribution < -0.4 is 5.32 Å². The van der Waals surface area contributed by atoms with Gasteiger partial charge < -0.3 is 20.8 Å². The molecule has 4 N–H and O–H groups in total. The third kappa shape index (κ3) is 3.21. The number of fused-ring (bicyclic) bond motifs is 1. The van der Waals surface area contributed by atoms with Gasteiger partial charge in [0.05, 0.1) is 11.9 Å². The quantitative estimate of drug-likeness (QED) is 0.345. The van der Waals surface area contributed by atoms with Gasteiger partial charge in [0.15, 0.2) is 0 Å². The molecule has 0 spiro atoms. The van der Waals surface area contributed by atoms with Crippen molar-refractivity contribution in [3.63, 3.8) is 0 Å². The highest BCUT2D eigenvalue weighted by Crippen LogP contribution is 2.47. The van der Waals surface area contributed by atoms with E-state index in [4.69, 9.17) is 5.41 Å². The second kappa shape index (κ2) is 7.31. The van der Waals surface area contributed by atoms with E-state index in [1.165, 1.54) is 30.5 Å². The molecule has 0 aliphatic carbocycles. The van der Waals surface area contributed by atoms with Gasteiger partial charge in [-0.05, 0) is 35.9 Å². The predicted octanol–water partition coefficient (Wildman–Crippen LogP) is 5.10. The maximum Gasteiger partial charge on any atom is 0.425 e. The van der Waals surface area contributed by atoms with Crippen LogP contribution in [-0.2, 0) is 5.60 Å². The van der Waals surface area contributed by atoms with E-state index in [0.29, 0.717) is 16.9 Å². The average Bonchev–Trinajstić information content (AvgIpc) is 3.18. The molecule has 152 valence electrons. The van der Waals surface area contributed by atoms with Crippen molar-refractivity contribution in [3.05, 3.63) is 89.9 Å². The molecule has 2 heterocycles. The normalized spacial score (nSPS) is 13.7. The Labute approximate surface area is 169 Å². The van der Waals surface area contributed by atoms with Crippen LogP contribution in [0.2, 0.25) is 0 Å². The number of alkyl halides is 3. The largest absolute Gasteiger partial charge is 0.425 e. The first kappa shape index (κ1) is 19.7. The Morgan fingerprint density at radius 1 is 1.07 bits per heavy atom. The van der Waals surface area contributed by atoms with Crippen molar-refractivity contribution in [3.8, 4) is 0 Å². The molecule has 0 aliphatic rings. The van der Waals surface area contributed by atoms with E-state index >= 15 is 0 Å². The lowest BCUT2D eigenvalue weighted by Crippen LogP contribution is -2.43. The van der Waals surface area contributed by atoms with E-state index in [1.54, 1.807) is 42.7 Å². The van der Waals surface area contributed by atoms with Crippen molar-refractivity contribution in [2.75, 3.05) is 5.32 Å². The molecule has 2 aromatic heterocycles. The van der Waals surface area contributed by atoms with Crippen LogP contribution in [0.5, 0.6) is 0 Å². The molecule has 0 fully saturated rings. The SMILES string of the molecule is N=Cc1cc(C(O)(c2c[nH]c3ccccc23)C(F)(F)F)ccc1Nc1cccnc1. The van der Waals surface area contributed by atoms with Gasteiger partial charge in [0, 0.05) is 46.3 Å². The number of H-pyrrole nitrogens is 1. The van der Waals surface area contributed by atoms with Gasteiger partial charge in [-0.25, -0.2) is 0 Å². The highest BCUT2D eigenvalue weighted by Gasteiger charge is 2.57. The molecule has 0 aliphatic heterocycles. The first-order valence-electron chi connectivity index (χ1n) is 9.02. The maximum absolute atomic E-state index is 14.2. The fourth-order valence-electron chi connectivity index (χ4n) is 3.46. The summed E-state index contributed by atoms with van der Waals surface area (Å²) in [6.07, 6.45) is 0.268. The van der Waals surface area contributed by atoms with Gasteiger partial charge in [0.1, 0.15) is 0 Å². The van der Waals surface area contributed by atoms with E-state index in [9.17, 15) is 18.3 Å². The zero-order valence-electron chi connectivity index (χ0n) is 15.5. The standard InChI is InChI=1S/C22H17F3N4O/c23-22(24,25)21(30,18-13-28-20-6-2-1-5-17(18)20)15-7-8-19(14(10-15)11-26)29-16-4-3-9-27-12-16/h1-13,26,28-30H. The second-order valence-electron chi connectivity index (χ2n) is 6.77. The van der Waals surface area contributed by atoms with Crippen molar-refractivity contribution in [1.29, 1.82) is 5.41 Å². The molecule has 2 aromatic carbocycles. The number of hydrogen-bond donors (Lipinski definition) is 4. The van der Waals surface area contributed by atoms with Gasteiger partial charge in [-0.15, -0.1) is 0 Å². The monoisotopic (exact) mass is 410 g/mol. The first-order valence-corrected chi connectivity index (χ1v) is 9.02. The van der Waals surface area contributed by atoms with Crippen LogP contribution in [-0.4, -0.2) is 27.5 Å². The smallest absolute Gasteiger partial charge is 0.372 e. The molecule has 0 bridgehead atoms. The van der Waals surface area contributed by atoms with Gasteiger partial charge in [0.2, 0.25) is 5.60 Å². The fourth-order valence-corrected chi connectivity index (χ4v) is 3.46. The molecule has 0 radical (unpaired) electrons. The van der Waals surface area contributed by atoms with Crippen molar-refractivity contribution >= 4 is 28.5 Å². The Morgan fingerprint density at radius 3 is 2.57 bits per heavy atom. The summed E-state index contributed by atoms with van der Waals surface area (Å²) in [4.78, 5) is 6.76. The number of halogens is 3. The number of aromatic nitrogens is 2. The molecule has 5 nitrogen and oxygen atoms in total.